The summed E-state index contributed by atoms with van der Waals surface area (Å²) in [6, 6.07) is 13.2. The van der Waals surface area contributed by atoms with Gasteiger partial charge in [-0.2, -0.15) is 0 Å². The number of methoxy groups -OCH3 is 1. The molecule has 1 saturated heterocycles. The molecule has 1 unspecified atom stereocenters. The molecule has 0 radical (unpaired) electrons. The van der Waals surface area contributed by atoms with Gasteiger partial charge in [-0.1, -0.05) is 18.2 Å². The highest BCUT2D eigenvalue weighted by atomic mass is 16.5. The maximum absolute atomic E-state index is 12.7. The van der Waals surface area contributed by atoms with Gasteiger partial charge >= 0.3 is 5.97 Å². The number of carbonyl (C=O) groups is 2. The number of benzene rings is 2. The van der Waals surface area contributed by atoms with E-state index in [0.29, 0.717) is 25.4 Å². The van der Waals surface area contributed by atoms with E-state index in [2.05, 4.69) is 11.8 Å². The standard InChI is InChI=1S/C21H24N2O4/c1-14-5-4-6-17(9-14)23-11-15(2)22(13-20(23)24)12-16-7-8-19(27-3)18(10-16)21(25)26/h4-10,15H,11-13H2,1-3H3,(H,25,26). The van der Waals surface area contributed by atoms with Crippen molar-refractivity contribution in [3.8, 4) is 5.75 Å². The van der Waals surface area contributed by atoms with E-state index in [1.165, 1.54) is 7.11 Å². The SMILES string of the molecule is COc1ccc(CN2CC(=O)N(c3cccc(C)c3)CC2C)cc1C(=O)O. The van der Waals surface area contributed by atoms with Crippen LogP contribution in [0.3, 0.4) is 0 Å². The number of carboxylic acids is 1. The molecular weight excluding hydrogens is 344 g/mol. The van der Waals surface area contributed by atoms with E-state index >= 15 is 0 Å². The summed E-state index contributed by atoms with van der Waals surface area (Å²) in [6.07, 6.45) is 0. The highest BCUT2D eigenvalue weighted by Crippen LogP contribution is 2.24. The number of nitrogens with zero attached hydrogens (tertiary/aromatic N) is 2. The zero-order valence-corrected chi connectivity index (χ0v) is 15.8. The van der Waals surface area contributed by atoms with Crippen molar-refractivity contribution in [2.45, 2.75) is 26.4 Å². The molecule has 27 heavy (non-hydrogen) atoms. The number of aryl methyl sites for hydroxylation is 1. The summed E-state index contributed by atoms with van der Waals surface area (Å²) in [5.74, 6) is -0.646. The van der Waals surface area contributed by atoms with Crippen molar-refractivity contribution in [2.75, 3.05) is 25.1 Å². The minimum absolute atomic E-state index is 0.0469. The number of carbonyl (C=O) groups excluding carboxylic acids is 1. The second kappa shape index (κ2) is 7.80. The smallest absolute Gasteiger partial charge is 0.339 e. The van der Waals surface area contributed by atoms with E-state index < -0.39 is 5.97 Å². The largest absolute Gasteiger partial charge is 0.496 e. The molecule has 6 heteroatoms. The lowest BCUT2D eigenvalue weighted by Gasteiger charge is -2.39. The molecule has 3 rings (SSSR count). The van der Waals surface area contributed by atoms with Gasteiger partial charge in [0.15, 0.2) is 0 Å². The highest BCUT2D eigenvalue weighted by molar-refractivity contribution is 5.95. The van der Waals surface area contributed by atoms with E-state index in [-0.39, 0.29) is 17.5 Å². The van der Waals surface area contributed by atoms with Crippen molar-refractivity contribution in [1.29, 1.82) is 0 Å². The van der Waals surface area contributed by atoms with E-state index in [4.69, 9.17) is 4.74 Å². The summed E-state index contributed by atoms with van der Waals surface area (Å²) in [5, 5.41) is 9.35. The Balaban J connectivity index is 1.75. The second-order valence-corrected chi connectivity index (χ2v) is 6.94. The van der Waals surface area contributed by atoms with Gasteiger partial charge in [-0.3, -0.25) is 9.69 Å². The molecule has 0 saturated carbocycles. The van der Waals surface area contributed by atoms with E-state index in [0.717, 1.165) is 16.8 Å². The molecule has 1 amide bonds. The molecule has 142 valence electrons. The number of piperazine rings is 1. The molecular formula is C21H24N2O4. The first kappa shape index (κ1) is 18.9. The minimum atomic E-state index is -1.03. The third kappa shape index (κ3) is 4.11. The number of carboxylic acid groups (broad SMARTS) is 1. The average molecular weight is 368 g/mol. The van der Waals surface area contributed by atoms with Crippen LogP contribution in [0.5, 0.6) is 5.75 Å². The lowest BCUT2D eigenvalue weighted by atomic mass is 10.1. The lowest BCUT2D eigenvalue weighted by molar-refractivity contribution is -0.122. The number of rotatable bonds is 5. The number of hydrogen-bond acceptors (Lipinski definition) is 4. The normalized spacial score (nSPS) is 17.8. The molecule has 0 aromatic heterocycles. The van der Waals surface area contributed by atoms with Crippen LogP contribution in [0, 0.1) is 6.92 Å². The lowest BCUT2D eigenvalue weighted by Crippen LogP contribution is -2.54. The summed E-state index contributed by atoms with van der Waals surface area (Å²) >= 11 is 0. The maximum Gasteiger partial charge on any atom is 0.339 e. The van der Waals surface area contributed by atoms with Crippen LogP contribution in [0.1, 0.15) is 28.4 Å². The molecule has 0 spiro atoms. The summed E-state index contributed by atoms with van der Waals surface area (Å²) in [6.45, 7) is 5.50. The fourth-order valence-corrected chi connectivity index (χ4v) is 3.41. The van der Waals surface area contributed by atoms with Crippen LogP contribution in [-0.2, 0) is 11.3 Å². The van der Waals surface area contributed by atoms with E-state index in [1.54, 1.807) is 12.1 Å². The number of amides is 1. The Morgan fingerprint density at radius 2 is 2.04 bits per heavy atom. The van der Waals surface area contributed by atoms with Crippen molar-refractivity contribution >= 4 is 17.6 Å². The predicted molar refractivity (Wildman–Crippen MR) is 103 cm³/mol. The van der Waals surface area contributed by atoms with Crippen LogP contribution >= 0.6 is 0 Å². The van der Waals surface area contributed by atoms with Crippen molar-refractivity contribution in [2.24, 2.45) is 0 Å². The number of ether oxygens (including phenoxy) is 1. The van der Waals surface area contributed by atoms with Crippen LogP contribution in [0.15, 0.2) is 42.5 Å². The molecule has 6 nitrogen and oxygen atoms in total. The Kier molecular flexibility index (Phi) is 5.46. The molecule has 1 N–H and O–H groups in total. The molecule has 2 aromatic rings. The maximum atomic E-state index is 12.7. The molecule has 0 aliphatic carbocycles. The van der Waals surface area contributed by atoms with E-state index in [9.17, 15) is 14.7 Å². The Bertz CT molecular complexity index is 865. The third-order valence-electron chi connectivity index (χ3n) is 4.90. The fraction of sp³-hybridized carbons (Fsp3) is 0.333. The van der Waals surface area contributed by atoms with Crippen LogP contribution in [0.4, 0.5) is 5.69 Å². The van der Waals surface area contributed by atoms with Gasteiger partial charge in [-0.05, 0) is 49.2 Å². The van der Waals surface area contributed by atoms with Crippen molar-refractivity contribution in [3.63, 3.8) is 0 Å². The minimum Gasteiger partial charge on any atom is -0.496 e. The molecule has 1 aliphatic rings. The van der Waals surface area contributed by atoms with Gasteiger partial charge in [0.1, 0.15) is 11.3 Å². The molecule has 0 bridgehead atoms. The predicted octanol–water partition coefficient (Wildman–Crippen LogP) is 2.94. The molecule has 1 aliphatic heterocycles. The van der Waals surface area contributed by atoms with Gasteiger partial charge in [-0.15, -0.1) is 0 Å². The Labute approximate surface area is 159 Å². The molecule has 1 heterocycles. The summed E-state index contributed by atoms with van der Waals surface area (Å²) in [5.41, 5.74) is 3.02. The Hall–Kier alpha value is -2.86. The van der Waals surface area contributed by atoms with Gasteiger partial charge in [-0.25, -0.2) is 4.79 Å². The van der Waals surface area contributed by atoms with Crippen LogP contribution in [-0.4, -0.2) is 48.1 Å². The topological polar surface area (TPSA) is 70.1 Å². The highest BCUT2D eigenvalue weighted by Gasteiger charge is 2.30. The van der Waals surface area contributed by atoms with Crippen LogP contribution < -0.4 is 9.64 Å². The van der Waals surface area contributed by atoms with Gasteiger partial charge in [0.25, 0.3) is 0 Å². The van der Waals surface area contributed by atoms with Gasteiger partial charge in [0, 0.05) is 24.8 Å². The third-order valence-corrected chi connectivity index (χ3v) is 4.90. The van der Waals surface area contributed by atoms with E-state index in [1.807, 2.05) is 42.2 Å². The van der Waals surface area contributed by atoms with Crippen molar-refractivity contribution in [1.82, 2.24) is 4.90 Å². The van der Waals surface area contributed by atoms with Crippen molar-refractivity contribution < 1.29 is 19.4 Å². The molecule has 1 fully saturated rings. The summed E-state index contributed by atoms with van der Waals surface area (Å²) in [4.78, 5) is 28.0. The zero-order valence-electron chi connectivity index (χ0n) is 15.8. The Morgan fingerprint density at radius 3 is 2.70 bits per heavy atom. The zero-order chi connectivity index (χ0) is 19.6. The fourth-order valence-electron chi connectivity index (χ4n) is 3.41. The summed E-state index contributed by atoms with van der Waals surface area (Å²) in [7, 11) is 1.45. The van der Waals surface area contributed by atoms with Gasteiger partial charge in [0.2, 0.25) is 5.91 Å². The van der Waals surface area contributed by atoms with Crippen LogP contribution in [0.25, 0.3) is 0 Å². The molecule has 2 aromatic carbocycles. The van der Waals surface area contributed by atoms with Gasteiger partial charge < -0.3 is 14.7 Å². The Morgan fingerprint density at radius 1 is 1.26 bits per heavy atom. The summed E-state index contributed by atoms with van der Waals surface area (Å²) < 4.78 is 5.11. The number of hydrogen-bond donors (Lipinski definition) is 1. The quantitative estimate of drug-likeness (QED) is 0.879. The first-order valence-electron chi connectivity index (χ1n) is 8.90. The number of aromatic carboxylic acids is 1. The second-order valence-electron chi connectivity index (χ2n) is 6.94. The van der Waals surface area contributed by atoms with Crippen LogP contribution in [0.2, 0.25) is 0 Å². The monoisotopic (exact) mass is 368 g/mol. The first-order chi connectivity index (χ1) is 12.9. The average Bonchev–Trinajstić information content (AvgIpc) is 2.64. The van der Waals surface area contributed by atoms with Gasteiger partial charge in [0.05, 0.1) is 13.7 Å². The molecule has 1 atom stereocenters. The first-order valence-corrected chi connectivity index (χ1v) is 8.90. The number of anilines is 1. The van der Waals surface area contributed by atoms with Crippen molar-refractivity contribution in [3.05, 3.63) is 59.2 Å².